The number of alkyl halides is 3. The molecule has 1 aromatic carbocycles. The maximum atomic E-state index is 9.00. The molecule has 0 radical (unpaired) electrons. The minimum Gasteiger partial charge on any atom is -0.396 e. The van der Waals surface area contributed by atoms with Crippen LogP contribution in [0.25, 0.3) is 11.0 Å². The van der Waals surface area contributed by atoms with Crippen molar-refractivity contribution in [2.24, 2.45) is 0 Å². The Bertz CT molecular complexity index is 602. The first kappa shape index (κ1) is 14.9. The standard InChI is InChI=1S/C13H15Cl3N2O/c1-8-6-10-11(7-9(8)2)18(4-3-5-19)12(17-10)13(14,15)16/h6-7,19H,3-5H2,1-2H3. The third kappa shape index (κ3) is 3.00. The van der Waals surface area contributed by atoms with Crippen LogP contribution in [-0.4, -0.2) is 21.3 Å². The Labute approximate surface area is 127 Å². The number of halogens is 3. The van der Waals surface area contributed by atoms with Crippen molar-refractivity contribution in [1.82, 2.24) is 9.55 Å². The topological polar surface area (TPSA) is 38.0 Å². The number of benzene rings is 1. The monoisotopic (exact) mass is 320 g/mol. The number of aryl methyl sites for hydroxylation is 3. The SMILES string of the molecule is Cc1cc2nc(C(Cl)(Cl)Cl)n(CCCO)c2cc1C. The highest BCUT2D eigenvalue weighted by atomic mass is 35.6. The lowest BCUT2D eigenvalue weighted by Crippen LogP contribution is -2.13. The Balaban J connectivity index is 2.67. The third-order valence-electron chi connectivity index (χ3n) is 3.16. The fraction of sp³-hybridized carbons (Fsp3) is 0.462. The lowest BCUT2D eigenvalue weighted by molar-refractivity contribution is 0.280. The molecule has 3 nitrogen and oxygen atoms in total. The minimum absolute atomic E-state index is 0.0871. The number of nitrogens with zero attached hydrogens (tertiary/aromatic N) is 2. The molecule has 1 aromatic heterocycles. The molecule has 0 spiro atoms. The van der Waals surface area contributed by atoms with Gasteiger partial charge >= 0.3 is 0 Å². The number of imidazole rings is 1. The van der Waals surface area contributed by atoms with Gasteiger partial charge in [-0.1, -0.05) is 34.8 Å². The summed E-state index contributed by atoms with van der Waals surface area (Å²) in [4.78, 5) is 4.42. The summed E-state index contributed by atoms with van der Waals surface area (Å²) < 4.78 is 0.293. The van der Waals surface area contributed by atoms with E-state index in [1.807, 2.05) is 30.5 Å². The molecule has 0 amide bonds. The fourth-order valence-electron chi connectivity index (χ4n) is 2.05. The molecule has 0 atom stereocenters. The molecule has 0 saturated heterocycles. The Kier molecular flexibility index (Phi) is 4.31. The molecule has 0 fully saturated rings. The van der Waals surface area contributed by atoms with E-state index in [4.69, 9.17) is 39.9 Å². The molecule has 0 aliphatic carbocycles. The number of hydrogen-bond donors (Lipinski definition) is 1. The van der Waals surface area contributed by atoms with E-state index in [1.54, 1.807) is 0 Å². The van der Waals surface area contributed by atoms with Crippen LogP contribution in [-0.2, 0) is 10.3 Å². The van der Waals surface area contributed by atoms with Crippen LogP contribution in [0.2, 0.25) is 0 Å². The van der Waals surface area contributed by atoms with Gasteiger partial charge in [0, 0.05) is 13.2 Å². The smallest absolute Gasteiger partial charge is 0.248 e. The largest absolute Gasteiger partial charge is 0.396 e. The molecule has 19 heavy (non-hydrogen) atoms. The van der Waals surface area contributed by atoms with E-state index < -0.39 is 3.79 Å². The number of aliphatic hydroxyl groups excluding tert-OH is 1. The Morgan fingerprint density at radius 3 is 2.42 bits per heavy atom. The average molecular weight is 322 g/mol. The first-order valence-corrected chi connectivity index (χ1v) is 7.13. The van der Waals surface area contributed by atoms with Crippen LogP contribution in [0.15, 0.2) is 12.1 Å². The van der Waals surface area contributed by atoms with Crippen molar-refractivity contribution in [3.8, 4) is 0 Å². The maximum absolute atomic E-state index is 9.00. The predicted molar refractivity (Wildman–Crippen MR) is 80.1 cm³/mol. The number of fused-ring (bicyclic) bond motifs is 1. The molecule has 0 aliphatic rings. The highest BCUT2D eigenvalue weighted by Gasteiger charge is 2.30. The zero-order chi connectivity index (χ0) is 14.2. The van der Waals surface area contributed by atoms with Crippen LogP contribution in [0.4, 0.5) is 0 Å². The second-order valence-corrected chi connectivity index (χ2v) is 6.87. The van der Waals surface area contributed by atoms with Crippen molar-refractivity contribution >= 4 is 45.8 Å². The molecule has 0 unspecified atom stereocenters. The van der Waals surface area contributed by atoms with E-state index in [9.17, 15) is 0 Å². The fourth-order valence-corrected chi connectivity index (χ4v) is 2.48. The van der Waals surface area contributed by atoms with Gasteiger partial charge in [-0.25, -0.2) is 4.98 Å². The summed E-state index contributed by atoms with van der Waals surface area (Å²) in [6.45, 7) is 4.71. The van der Waals surface area contributed by atoms with Gasteiger partial charge < -0.3 is 9.67 Å². The third-order valence-corrected chi connectivity index (χ3v) is 3.66. The highest BCUT2D eigenvalue weighted by molar-refractivity contribution is 6.66. The van der Waals surface area contributed by atoms with Crippen molar-refractivity contribution in [3.63, 3.8) is 0 Å². The molecular weight excluding hydrogens is 307 g/mol. The van der Waals surface area contributed by atoms with Gasteiger partial charge in [0.25, 0.3) is 0 Å². The molecule has 2 rings (SSSR count). The normalized spacial score (nSPS) is 12.3. The molecule has 6 heteroatoms. The van der Waals surface area contributed by atoms with Gasteiger partial charge in [-0.15, -0.1) is 0 Å². The molecule has 2 aromatic rings. The van der Waals surface area contributed by atoms with Gasteiger partial charge in [-0.05, 0) is 43.5 Å². The first-order chi connectivity index (χ1) is 8.84. The summed E-state index contributed by atoms with van der Waals surface area (Å²) in [5, 5.41) is 9.00. The van der Waals surface area contributed by atoms with Crippen LogP contribution in [0, 0.1) is 13.8 Å². The van der Waals surface area contributed by atoms with E-state index in [0.29, 0.717) is 18.8 Å². The van der Waals surface area contributed by atoms with Crippen molar-refractivity contribution in [2.75, 3.05) is 6.61 Å². The molecule has 1 N–H and O–H groups in total. The summed E-state index contributed by atoms with van der Waals surface area (Å²) >= 11 is 17.9. The van der Waals surface area contributed by atoms with Crippen LogP contribution in [0.1, 0.15) is 23.4 Å². The Morgan fingerprint density at radius 1 is 1.21 bits per heavy atom. The van der Waals surface area contributed by atoms with Gasteiger partial charge in [-0.2, -0.15) is 0 Å². The van der Waals surface area contributed by atoms with E-state index in [-0.39, 0.29) is 6.61 Å². The summed E-state index contributed by atoms with van der Waals surface area (Å²) in [6, 6.07) is 4.02. The summed E-state index contributed by atoms with van der Waals surface area (Å²) in [5.41, 5.74) is 4.05. The second kappa shape index (κ2) is 5.49. The lowest BCUT2D eigenvalue weighted by atomic mass is 10.1. The summed E-state index contributed by atoms with van der Waals surface area (Å²) in [7, 11) is 0. The number of aliphatic hydroxyl groups is 1. The number of aromatic nitrogens is 2. The first-order valence-electron chi connectivity index (χ1n) is 6.00. The quantitative estimate of drug-likeness (QED) is 0.872. The second-order valence-electron chi connectivity index (χ2n) is 4.59. The molecular formula is C13H15Cl3N2O. The lowest BCUT2D eigenvalue weighted by Gasteiger charge is -2.14. The Hall–Kier alpha value is -0.480. The zero-order valence-corrected chi connectivity index (χ0v) is 13.0. The number of hydrogen-bond acceptors (Lipinski definition) is 2. The predicted octanol–water partition coefficient (Wildman–Crippen LogP) is 3.86. The number of rotatable bonds is 3. The van der Waals surface area contributed by atoms with Crippen molar-refractivity contribution < 1.29 is 5.11 Å². The minimum atomic E-state index is -1.57. The van der Waals surface area contributed by atoms with E-state index in [0.717, 1.165) is 22.2 Å². The van der Waals surface area contributed by atoms with Crippen molar-refractivity contribution in [2.45, 2.75) is 30.6 Å². The van der Waals surface area contributed by atoms with E-state index >= 15 is 0 Å². The molecule has 1 heterocycles. The van der Waals surface area contributed by atoms with Gasteiger partial charge in [0.1, 0.15) is 0 Å². The van der Waals surface area contributed by atoms with Crippen molar-refractivity contribution in [1.29, 1.82) is 0 Å². The van der Waals surface area contributed by atoms with Crippen LogP contribution < -0.4 is 0 Å². The van der Waals surface area contributed by atoms with Crippen molar-refractivity contribution in [3.05, 3.63) is 29.1 Å². The molecule has 0 aliphatic heterocycles. The summed E-state index contributed by atoms with van der Waals surface area (Å²) in [6.07, 6.45) is 0.589. The highest BCUT2D eigenvalue weighted by Crippen LogP contribution is 2.39. The van der Waals surface area contributed by atoms with Gasteiger partial charge in [0.15, 0.2) is 5.82 Å². The average Bonchev–Trinajstić information content (AvgIpc) is 2.65. The van der Waals surface area contributed by atoms with Gasteiger partial charge in [-0.3, -0.25) is 0 Å². The molecule has 0 bridgehead atoms. The van der Waals surface area contributed by atoms with Crippen LogP contribution in [0.3, 0.4) is 0 Å². The van der Waals surface area contributed by atoms with E-state index in [1.165, 1.54) is 0 Å². The van der Waals surface area contributed by atoms with Gasteiger partial charge in [0.2, 0.25) is 3.79 Å². The summed E-state index contributed by atoms with van der Waals surface area (Å²) in [5.74, 6) is 0.394. The van der Waals surface area contributed by atoms with Crippen LogP contribution in [0.5, 0.6) is 0 Å². The van der Waals surface area contributed by atoms with Gasteiger partial charge in [0.05, 0.1) is 11.0 Å². The zero-order valence-electron chi connectivity index (χ0n) is 10.8. The van der Waals surface area contributed by atoms with Crippen LogP contribution >= 0.6 is 34.8 Å². The van der Waals surface area contributed by atoms with E-state index in [2.05, 4.69) is 4.98 Å². The molecule has 0 saturated carbocycles. The molecule has 104 valence electrons. The maximum Gasteiger partial charge on any atom is 0.248 e. The Morgan fingerprint density at radius 2 is 1.84 bits per heavy atom.